The number of halogens is 1. The van der Waals surface area contributed by atoms with Crippen molar-refractivity contribution in [3.8, 4) is 0 Å². The van der Waals surface area contributed by atoms with Gasteiger partial charge < -0.3 is 10.2 Å². The highest BCUT2D eigenvalue weighted by Gasteiger charge is 2.21. The molecule has 24 heavy (non-hydrogen) atoms. The van der Waals surface area contributed by atoms with Gasteiger partial charge in [0, 0.05) is 23.3 Å². The average Bonchev–Trinajstić information content (AvgIpc) is 2.73. The highest BCUT2D eigenvalue weighted by atomic mass is 35.5. The Kier molecular flexibility index (Phi) is 3.71. The number of para-hydroxylation sites is 3. The molecule has 0 aromatic heterocycles. The van der Waals surface area contributed by atoms with E-state index in [0.717, 1.165) is 34.1 Å². The van der Waals surface area contributed by atoms with Crippen LogP contribution in [0.25, 0.3) is 0 Å². The molecular formula is C20H16ClN3. The van der Waals surface area contributed by atoms with Crippen molar-refractivity contribution in [2.24, 2.45) is 4.99 Å². The fraction of sp³-hybridized carbons (Fsp3) is 0.0500. The Bertz CT molecular complexity index is 916. The van der Waals surface area contributed by atoms with Gasteiger partial charge in [-0.15, -0.1) is 0 Å². The van der Waals surface area contributed by atoms with E-state index >= 15 is 0 Å². The van der Waals surface area contributed by atoms with E-state index in [1.807, 2.05) is 55.6 Å². The second-order valence-corrected chi connectivity index (χ2v) is 6.10. The van der Waals surface area contributed by atoms with Gasteiger partial charge in [0.1, 0.15) is 5.84 Å². The zero-order valence-electron chi connectivity index (χ0n) is 13.2. The monoisotopic (exact) mass is 333 g/mol. The minimum absolute atomic E-state index is 0.709. The quantitative estimate of drug-likeness (QED) is 0.626. The normalized spacial score (nSPS) is 14.6. The van der Waals surface area contributed by atoms with Gasteiger partial charge in [-0.2, -0.15) is 0 Å². The molecule has 0 bridgehead atoms. The van der Waals surface area contributed by atoms with Gasteiger partial charge in [0.2, 0.25) is 0 Å². The minimum atomic E-state index is 0.709. The molecule has 3 aromatic rings. The maximum absolute atomic E-state index is 5.99. The smallest absolute Gasteiger partial charge is 0.142 e. The predicted octanol–water partition coefficient (Wildman–Crippen LogP) is 5.61. The molecule has 0 amide bonds. The lowest BCUT2D eigenvalue weighted by Crippen LogP contribution is -2.26. The number of fused-ring (bicyclic) bond motifs is 2. The molecule has 0 aliphatic carbocycles. The number of benzene rings is 3. The number of hydrogen-bond acceptors (Lipinski definition) is 2. The molecular weight excluding hydrogens is 318 g/mol. The summed E-state index contributed by atoms with van der Waals surface area (Å²) in [5.41, 5.74) is 5.12. The van der Waals surface area contributed by atoms with E-state index in [4.69, 9.17) is 16.6 Å². The molecule has 1 N–H and O–H groups in total. The van der Waals surface area contributed by atoms with Crippen molar-refractivity contribution < 1.29 is 0 Å². The van der Waals surface area contributed by atoms with Crippen LogP contribution >= 0.6 is 11.6 Å². The molecule has 0 unspecified atom stereocenters. The Labute approximate surface area is 146 Å². The van der Waals surface area contributed by atoms with Crippen LogP contribution < -0.4 is 10.2 Å². The molecule has 1 heterocycles. The predicted molar refractivity (Wildman–Crippen MR) is 102 cm³/mol. The lowest BCUT2D eigenvalue weighted by atomic mass is 10.1. The molecule has 3 nitrogen and oxygen atoms in total. The number of anilines is 3. The van der Waals surface area contributed by atoms with Crippen molar-refractivity contribution in [3.63, 3.8) is 0 Å². The molecule has 0 atom stereocenters. The van der Waals surface area contributed by atoms with Crippen molar-refractivity contribution in [2.75, 3.05) is 17.3 Å². The van der Waals surface area contributed by atoms with Crippen LogP contribution in [0.3, 0.4) is 0 Å². The summed E-state index contributed by atoms with van der Waals surface area (Å²) in [7, 11) is 2.04. The van der Waals surface area contributed by atoms with Gasteiger partial charge in [0.15, 0.2) is 0 Å². The molecule has 0 saturated carbocycles. The zero-order chi connectivity index (χ0) is 16.5. The first-order valence-corrected chi connectivity index (χ1v) is 8.13. The van der Waals surface area contributed by atoms with Crippen LogP contribution in [-0.2, 0) is 0 Å². The lowest BCUT2D eigenvalue weighted by molar-refractivity contribution is 1.25. The molecule has 118 valence electrons. The molecule has 1 aliphatic heterocycles. The number of hydrogen-bond donors (Lipinski definition) is 1. The van der Waals surface area contributed by atoms with Crippen LogP contribution in [0.5, 0.6) is 0 Å². The fourth-order valence-electron chi connectivity index (χ4n) is 2.87. The highest BCUT2D eigenvalue weighted by molar-refractivity contribution is 6.30. The van der Waals surface area contributed by atoms with Crippen LogP contribution in [0.2, 0.25) is 5.02 Å². The summed E-state index contributed by atoms with van der Waals surface area (Å²) >= 11 is 5.99. The third-order valence-electron chi connectivity index (χ3n) is 4.08. The Hall–Kier alpha value is -2.78. The van der Waals surface area contributed by atoms with Crippen LogP contribution in [0.4, 0.5) is 22.7 Å². The molecule has 0 saturated heterocycles. The summed E-state index contributed by atoms with van der Waals surface area (Å²) in [5, 5.41) is 4.22. The standard InChI is InChI=1S/C20H16ClN3/c1-24-19-9-5-4-8-18(19)23-17-7-3-2-6-16(17)20(24)22-15-12-10-14(21)11-13-15/h2-13,23H,1H3. The molecule has 1 aliphatic rings. The first-order valence-electron chi connectivity index (χ1n) is 7.76. The number of nitrogens with zero attached hydrogens (tertiary/aromatic N) is 2. The molecule has 4 heteroatoms. The first kappa shape index (κ1) is 14.8. The van der Waals surface area contributed by atoms with Gasteiger partial charge in [-0.1, -0.05) is 35.9 Å². The van der Waals surface area contributed by atoms with Crippen LogP contribution in [0.15, 0.2) is 77.8 Å². The third-order valence-corrected chi connectivity index (χ3v) is 4.33. The summed E-state index contributed by atoms with van der Waals surface area (Å²) in [6.45, 7) is 0. The van der Waals surface area contributed by atoms with E-state index in [-0.39, 0.29) is 0 Å². The van der Waals surface area contributed by atoms with Gasteiger partial charge >= 0.3 is 0 Å². The second kappa shape index (κ2) is 6.02. The topological polar surface area (TPSA) is 27.6 Å². The van der Waals surface area contributed by atoms with E-state index in [1.54, 1.807) is 0 Å². The van der Waals surface area contributed by atoms with Crippen molar-refractivity contribution >= 4 is 40.2 Å². The number of amidine groups is 1. The second-order valence-electron chi connectivity index (χ2n) is 5.66. The summed E-state index contributed by atoms with van der Waals surface area (Å²) in [6.07, 6.45) is 0. The van der Waals surface area contributed by atoms with Crippen molar-refractivity contribution in [1.29, 1.82) is 0 Å². The molecule has 3 aromatic carbocycles. The Balaban J connectivity index is 1.92. The maximum Gasteiger partial charge on any atom is 0.142 e. The minimum Gasteiger partial charge on any atom is -0.353 e. The van der Waals surface area contributed by atoms with Crippen molar-refractivity contribution in [1.82, 2.24) is 0 Å². The van der Waals surface area contributed by atoms with Gasteiger partial charge in [-0.3, -0.25) is 0 Å². The SMILES string of the molecule is CN1C(=Nc2ccc(Cl)cc2)c2ccccc2Nc2ccccc21. The average molecular weight is 334 g/mol. The molecule has 0 spiro atoms. The van der Waals surface area contributed by atoms with Gasteiger partial charge in [0.05, 0.1) is 17.1 Å². The van der Waals surface area contributed by atoms with E-state index in [9.17, 15) is 0 Å². The summed E-state index contributed by atoms with van der Waals surface area (Å²) in [4.78, 5) is 7.00. The first-order chi connectivity index (χ1) is 11.7. The summed E-state index contributed by atoms with van der Waals surface area (Å²) in [6, 6.07) is 24.0. The van der Waals surface area contributed by atoms with Crippen molar-refractivity contribution in [2.45, 2.75) is 0 Å². The van der Waals surface area contributed by atoms with E-state index in [2.05, 4.69) is 34.5 Å². The highest BCUT2D eigenvalue weighted by Crippen LogP contribution is 2.35. The van der Waals surface area contributed by atoms with Crippen LogP contribution in [0.1, 0.15) is 5.56 Å². The molecule has 4 rings (SSSR count). The summed E-state index contributed by atoms with van der Waals surface area (Å²) < 4.78 is 0. The van der Waals surface area contributed by atoms with Crippen LogP contribution in [0, 0.1) is 0 Å². The van der Waals surface area contributed by atoms with Crippen molar-refractivity contribution in [3.05, 3.63) is 83.4 Å². The summed E-state index contributed by atoms with van der Waals surface area (Å²) in [5.74, 6) is 0.894. The van der Waals surface area contributed by atoms with Crippen LogP contribution in [-0.4, -0.2) is 12.9 Å². The molecule has 0 radical (unpaired) electrons. The fourth-order valence-corrected chi connectivity index (χ4v) is 3.00. The molecule has 0 fully saturated rings. The zero-order valence-corrected chi connectivity index (χ0v) is 14.0. The lowest BCUT2D eigenvalue weighted by Gasteiger charge is -2.21. The number of rotatable bonds is 1. The Morgan fingerprint density at radius 3 is 2.29 bits per heavy atom. The Morgan fingerprint density at radius 2 is 1.50 bits per heavy atom. The third kappa shape index (κ3) is 2.63. The van der Waals surface area contributed by atoms with E-state index < -0.39 is 0 Å². The largest absolute Gasteiger partial charge is 0.353 e. The van der Waals surface area contributed by atoms with E-state index in [0.29, 0.717) is 5.02 Å². The number of aliphatic imine (C=N–C) groups is 1. The Morgan fingerprint density at radius 1 is 0.833 bits per heavy atom. The van der Waals surface area contributed by atoms with Gasteiger partial charge in [-0.05, 0) is 48.5 Å². The van der Waals surface area contributed by atoms with Gasteiger partial charge in [0.25, 0.3) is 0 Å². The maximum atomic E-state index is 5.99. The van der Waals surface area contributed by atoms with Gasteiger partial charge in [-0.25, -0.2) is 4.99 Å². The van der Waals surface area contributed by atoms with E-state index in [1.165, 1.54) is 0 Å². The number of nitrogens with one attached hydrogen (secondary N) is 1.